The van der Waals surface area contributed by atoms with Gasteiger partial charge in [0.25, 0.3) is 11.8 Å². The Kier molecular flexibility index (Phi) is 4.69. The van der Waals surface area contributed by atoms with Gasteiger partial charge in [0.15, 0.2) is 6.17 Å². The number of alkyl halides is 1. The standard InChI is InChI=1S/C17H18FN3O4/c1-2-24-14-7-11-9(5-12(14)15(19)22)3-4-20-17(11)25-8-10-6-13(18)16(23)21-10/h3-5,7,10,13H,2,6,8H2,1H3,(H2,19,22)(H,21,23). The summed E-state index contributed by atoms with van der Waals surface area (Å²) in [5.74, 6) is -0.555. The van der Waals surface area contributed by atoms with E-state index in [-0.39, 0.29) is 18.6 Å². The fourth-order valence-electron chi connectivity index (χ4n) is 2.75. The Hall–Kier alpha value is -2.90. The number of carbonyl (C=O) groups is 2. The van der Waals surface area contributed by atoms with E-state index in [0.717, 1.165) is 0 Å². The van der Waals surface area contributed by atoms with Crippen molar-refractivity contribution in [1.82, 2.24) is 10.3 Å². The summed E-state index contributed by atoms with van der Waals surface area (Å²) in [6, 6.07) is 4.58. The van der Waals surface area contributed by atoms with Crippen LogP contribution in [-0.4, -0.2) is 42.2 Å². The van der Waals surface area contributed by atoms with Gasteiger partial charge < -0.3 is 20.5 Å². The van der Waals surface area contributed by atoms with Crippen molar-refractivity contribution in [3.05, 3.63) is 30.0 Å². The van der Waals surface area contributed by atoms with Crippen LogP contribution in [0.3, 0.4) is 0 Å². The van der Waals surface area contributed by atoms with E-state index in [1.54, 1.807) is 25.1 Å². The summed E-state index contributed by atoms with van der Waals surface area (Å²) in [7, 11) is 0. The first-order valence-electron chi connectivity index (χ1n) is 7.92. The minimum Gasteiger partial charge on any atom is -0.493 e. The van der Waals surface area contributed by atoms with E-state index < -0.39 is 24.0 Å². The van der Waals surface area contributed by atoms with Crippen LogP contribution in [-0.2, 0) is 4.79 Å². The van der Waals surface area contributed by atoms with E-state index in [0.29, 0.717) is 29.0 Å². The number of aromatic nitrogens is 1. The lowest BCUT2D eigenvalue weighted by Crippen LogP contribution is -2.31. The zero-order valence-corrected chi connectivity index (χ0v) is 13.6. The summed E-state index contributed by atoms with van der Waals surface area (Å²) in [5.41, 5.74) is 5.67. The molecule has 2 amide bonds. The quantitative estimate of drug-likeness (QED) is 0.821. The zero-order valence-electron chi connectivity index (χ0n) is 13.6. The number of ether oxygens (including phenoxy) is 2. The molecule has 0 spiro atoms. The molecule has 0 bridgehead atoms. The van der Waals surface area contributed by atoms with Gasteiger partial charge >= 0.3 is 0 Å². The highest BCUT2D eigenvalue weighted by atomic mass is 19.1. The third-order valence-electron chi connectivity index (χ3n) is 3.94. The fourth-order valence-corrected chi connectivity index (χ4v) is 2.75. The van der Waals surface area contributed by atoms with E-state index in [1.165, 1.54) is 6.20 Å². The molecule has 1 aliphatic heterocycles. The van der Waals surface area contributed by atoms with Crippen molar-refractivity contribution in [2.24, 2.45) is 5.73 Å². The van der Waals surface area contributed by atoms with E-state index in [4.69, 9.17) is 15.2 Å². The average molecular weight is 347 g/mol. The summed E-state index contributed by atoms with van der Waals surface area (Å²) in [6.45, 7) is 2.26. The van der Waals surface area contributed by atoms with Crippen LogP contribution in [0.2, 0.25) is 0 Å². The van der Waals surface area contributed by atoms with Gasteiger partial charge in [0, 0.05) is 18.0 Å². The molecule has 1 aromatic heterocycles. The number of nitrogens with two attached hydrogens (primary N) is 1. The second-order valence-electron chi connectivity index (χ2n) is 5.70. The Balaban J connectivity index is 1.89. The van der Waals surface area contributed by atoms with Crippen molar-refractivity contribution in [3.63, 3.8) is 0 Å². The number of hydrogen-bond acceptors (Lipinski definition) is 5. The van der Waals surface area contributed by atoms with Crippen LogP contribution in [0.15, 0.2) is 24.4 Å². The Morgan fingerprint density at radius 3 is 2.88 bits per heavy atom. The lowest BCUT2D eigenvalue weighted by Gasteiger charge is -2.14. The molecule has 0 aliphatic carbocycles. The molecule has 0 radical (unpaired) electrons. The number of rotatable bonds is 6. The third-order valence-corrected chi connectivity index (χ3v) is 3.94. The Bertz CT molecular complexity index is 827. The van der Waals surface area contributed by atoms with Gasteiger partial charge in [-0.2, -0.15) is 0 Å². The summed E-state index contributed by atoms with van der Waals surface area (Å²) >= 11 is 0. The molecule has 2 heterocycles. The molecular weight excluding hydrogens is 329 g/mol. The first-order chi connectivity index (χ1) is 12.0. The maximum absolute atomic E-state index is 13.3. The number of fused-ring (bicyclic) bond motifs is 1. The number of nitrogens with zero attached hydrogens (tertiary/aromatic N) is 1. The SMILES string of the molecule is CCOc1cc2c(OCC3CC(F)C(=O)N3)nccc2cc1C(N)=O. The van der Waals surface area contributed by atoms with Crippen molar-refractivity contribution >= 4 is 22.6 Å². The summed E-state index contributed by atoms with van der Waals surface area (Å²) in [4.78, 5) is 27.0. The smallest absolute Gasteiger partial charge is 0.254 e. The van der Waals surface area contributed by atoms with Crippen LogP contribution in [0.5, 0.6) is 11.6 Å². The van der Waals surface area contributed by atoms with Gasteiger partial charge in [-0.15, -0.1) is 0 Å². The highest BCUT2D eigenvalue weighted by molar-refractivity contribution is 6.01. The fraction of sp³-hybridized carbons (Fsp3) is 0.353. The average Bonchev–Trinajstić information content (AvgIpc) is 2.90. The minimum atomic E-state index is -1.50. The number of amides is 2. The molecule has 7 nitrogen and oxygen atoms in total. The predicted octanol–water partition coefficient (Wildman–Crippen LogP) is 1.34. The van der Waals surface area contributed by atoms with Gasteiger partial charge in [0.1, 0.15) is 12.4 Å². The molecule has 1 aromatic carbocycles. The van der Waals surface area contributed by atoms with Crippen LogP contribution in [0.25, 0.3) is 10.8 Å². The second kappa shape index (κ2) is 6.92. The molecule has 8 heteroatoms. The van der Waals surface area contributed by atoms with E-state index >= 15 is 0 Å². The van der Waals surface area contributed by atoms with Crippen LogP contribution in [0.1, 0.15) is 23.7 Å². The number of carbonyl (C=O) groups excluding carboxylic acids is 2. The molecule has 1 fully saturated rings. The van der Waals surface area contributed by atoms with Gasteiger partial charge in [-0.1, -0.05) is 0 Å². The Labute approximate surface area is 143 Å². The minimum absolute atomic E-state index is 0.0691. The van der Waals surface area contributed by atoms with Crippen molar-refractivity contribution in [1.29, 1.82) is 0 Å². The van der Waals surface area contributed by atoms with Gasteiger partial charge in [-0.05, 0) is 30.5 Å². The first kappa shape index (κ1) is 16.9. The molecule has 1 saturated heterocycles. The largest absolute Gasteiger partial charge is 0.493 e. The molecule has 2 unspecified atom stereocenters. The van der Waals surface area contributed by atoms with Crippen molar-refractivity contribution < 1.29 is 23.5 Å². The molecule has 2 aromatic rings. The van der Waals surface area contributed by atoms with Crippen LogP contribution < -0.4 is 20.5 Å². The van der Waals surface area contributed by atoms with Crippen LogP contribution in [0, 0.1) is 0 Å². The second-order valence-corrected chi connectivity index (χ2v) is 5.70. The molecule has 3 N–H and O–H groups in total. The van der Waals surface area contributed by atoms with Crippen molar-refractivity contribution in [3.8, 4) is 11.6 Å². The van der Waals surface area contributed by atoms with E-state index in [9.17, 15) is 14.0 Å². The number of nitrogens with one attached hydrogen (secondary N) is 1. The number of hydrogen-bond donors (Lipinski definition) is 2. The van der Waals surface area contributed by atoms with Gasteiger partial charge in [0.2, 0.25) is 5.88 Å². The Morgan fingerprint density at radius 1 is 1.44 bits per heavy atom. The van der Waals surface area contributed by atoms with Crippen molar-refractivity contribution in [2.45, 2.75) is 25.6 Å². The number of pyridine rings is 1. The number of halogens is 1. The highest BCUT2D eigenvalue weighted by Gasteiger charge is 2.32. The Morgan fingerprint density at radius 2 is 2.24 bits per heavy atom. The van der Waals surface area contributed by atoms with E-state index in [2.05, 4.69) is 10.3 Å². The molecule has 2 atom stereocenters. The summed E-state index contributed by atoms with van der Waals surface area (Å²) in [5, 5.41) is 3.87. The van der Waals surface area contributed by atoms with Crippen LogP contribution >= 0.6 is 0 Å². The predicted molar refractivity (Wildman–Crippen MR) is 88.4 cm³/mol. The third kappa shape index (κ3) is 3.47. The zero-order chi connectivity index (χ0) is 18.0. The molecule has 25 heavy (non-hydrogen) atoms. The monoisotopic (exact) mass is 347 g/mol. The van der Waals surface area contributed by atoms with Crippen molar-refractivity contribution in [2.75, 3.05) is 13.2 Å². The molecule has 3 rings (SSSR count). The molecule has 132 valence electrons. The maximum atomic E-state index is 13.3. The highest BCUT2D eigenvalue weighted by Crippen LogP contribution is 2.31. The molecule has 0 saturated carbocycles. The lowest BCUT2D eigenvalue weighted by molar-refractivity contribution is -0.123. The normalized spacial score (nSPS) is 19.7. The first-order valence-corrected chi connectivity index (χ1v) is 7.92. The molecular formula is C17H18FN3O4. The van der Waals surface area contributed by atoms with Gasteiger partial charge in [-0.3, -0.25) is 9.59 Å². The molecule has 1 aliphatic rings. The van der Waals surface area contributed by atoms with E-state index in [1.807, 2.05) is 0 Å². The lowest BCUT2D eigenvalue weighted by atomic mass is 10.1. The summed E-state index contributed by atoms with van der Waals surface area (Å²) in [6.07, 6.45) is 0.102. The topological polar surface area (TPSA) is 104 Å². The van der Waals surface area contributed by atoms with Gasteiger partial charge in [-0.25, -0.2) is 9.37 Å². The number of primary amides is 1. The summed E-state index contributed by atoms with van der Waals surface area (Å²) < 4.78 is 24.4. The van der Waals surface area contributed by atoms with Gasteiger partial charge in [0.05, 0.1) is 18.2 Å². The number of benzene rings is 1. The maximum Gasteiger partial charge on any atom is 0.254 e. The van der Waals surface area contributed by atoms with Crippen LogP contribution in [0.4, 0.5) is 4.39 Å².